The van der Waals surface area contributed by atoms with E-state index in [9.17, 15) is 18.0 Å². The Labute approximate surface area is 192 Å². The number of ketones is 1. The van der Waals surface area contributed by atoms with E-state index in [4.69, 9.17) is 27.9 Å². The molecule has 6 nitrogen and oxygen atoms in total. The SMILES string of the molecule is Cc1ccc(S(=O)(=O)N2CCC(C(=O)OCC(=O)c3ccc(Cl)c(Cl)c3)CC2)cc1C. The first-order chi connectivity index (χ1) is 14.6. The van der Waals surface area contributed by atoms with Crippen LogP contribution in [0.3, 0.4) is 0 Å². The van der Waals surface area contributed by atoms with Crippen molar-refractivity contribution in [2.45, 2.75) is 31.6 Å². The van der Waals surface area contributed by atoms with Crippen LogP contribution in [0.5, 0.6) is 0 Å². The number of rotatable bonds is 6. The maximum Gasteiger partial charge on any atom is 0.309 e. The Morgan fingerprint density at radius 2 is 1.68 bits per heavy atom. The van der Waals surface area contributed by atoms with Crippen LogP contribution >= 0.6 is 23.2 Å². The zero-order valence-corrected chi connectivity index (χ0v) is 19.6. The number of piperidine rings is 1. The van der Waals surface area contributed by atoms with Gasteiger partial charge in [-0.3, -0.25) is 9.59 Å². The summed E-state index contributed by atoms with van der Waals surface area (Å²) in [5, 5.41) is 0.578. The number of esters is 1. The highest BCUT2D eigenvalue weighted by Crippen LogP contribution is 2.26. The molecule has 2 aromatic rings. The smallest absolute Gasteiger partial charge is 0.309 e. The van der Waals surface area contributed by atoms with Crippen LogP contribution in [0.2, 0.25) is 10.0 Å². The Hall–Kier alpha value is -1.93. The van der Waals surface area contributed by atoms with Gasteiger partial charge in [-0.15, -0.1) is 0 Å². The Morgan fingerprint density at radius 1 is 1.00 bits per heavy atom. The van der Waals surface area contributed by atoms with Crippen molar-refractivity contribution < 1.29 is 22.7 Å². The third-order valence-electron chi connectivity index (χ3n) is 5.49. The first kappa shape index (κ1) is 23.7. The van der Waals surface area contributed by atoms with Crippen molar-refractivity contribution in [2.24, 2.45) is 5.92 Å². The van der Waals surface area contributed by atoms with Crippen LogP contribution in [0.25, 0.3) is 0 Å². The lowest BCUT2D eigenvalue weighted by molar-refractivity contribution is -0.148. The minimum atomic E-state index is -3.62. The number of ether oxygens (including phenoxy) is 1. The first-order valence-corrected chi connectivity index (χ1v) is 12.0. The molecule has 0 bridgehead atoms. The molecule has 2 aromatic carbocycles. The second-order valence-electron chi connectivity index (χ2n) is 7.58. The largest absolute Gasteiger partial charge is 0.457 e. The molecular formula is C22H23Cl2NO5S. The fourth-order valence-corrected chi connectivity index (χ4v) is 5.22. The van der Waals surface area contributed by atoms with E-state index in [2.05, 4.69) is 0 Å². The van der Waals surface area contributed by atoms with Crippen LogP contribution in [0.1, 0.15) is 34.3 Å². The third kappa shape index (κ3) is 5.47. The average Bonchev–Trinajstić information content (AvgIpc) is 2.75. The Morgan fingerprint density at radius 3 is 2.29 bits per heavy atom. The van der Waals surface area contributed by atoms with Crippen molar-refractivity contribution in [2.75, 3.05) is 19.7 Å². The average molecular weight is 484 g/mol. The number of nitrogens with zero attached hydrogens (tertiary/aromatic N) is 1. The van der Waals surface area contributed by atoms with Crippen LogP contribution in [0.15, 0.2) is 41.3 Å². The quantitative estimate of drug-likeness (QED) is 0.448. The fraction of sp³-hybridized carbons (Fsp3) is 0.364. The number of carbonyl (C=O) groups excluding carboxylic acids is 2. The van der Waals surface area contributed by atoms with Gasteiger partial charge in [0.1, 0.15) is 0 Å². The monoisotopic (exact) mass is 483 g/mol. The van der Waals surface area contributed by atoms with Crippen molar-refractivity contribution in [3.05, 3.63) is 63.1 Å². The van der Waals surface area contributed by atoms with Gasteiger partial charge in [-0.25, -0.2) is 8.42 Å². The minimum absolute atomic E-state index is 0.218. The van der Waals surface area contributed by atoms with Crippen molar-refractivity contribution in [1.82, 2.24) is 4.31 Å². The highest BCUT2D eigenvalue weighted by molar-refractivity contribution is 7.89. The first-order valence-electron chi connectivity index (χ1n) is 9.82. The number of aryl methyl sites for hydroxylation is 2. The summed E-state index contributed by atoms with van der Waals surface area (Å²) in [7, 11) is -3.62. The molecule has 1 aliphatic rings. The van der Waals surface area contributed by atoms with Crippen LogP contribution in [0, 0.1) is 19.8 Å². The molecule has 1 saturated heterocycles. The highest BCUT2D eigenvalue weighted by Gasteiger charge is 2.33. The molecular weight excluding hydrogens is 461 g/mol. The molecule has 0 N–H and O–H groups in total. The van der Waals surface area contributed by atoms with Gasteiger partial charge in [-0.2, -0.15) is 4.31 Å². The van der Waals surface area contributed by atoms with E-state index in [-0.39, 0.29) is 28.8 Å². The molecule has 1 heterocycles. The Balaban J connectivity index is 1.55. The van der Waals surface area contributed by atoms with Gasteiger partial charge in [-0.1, -0.05) is 29.3 Å². The summed E-state index contributed by atoms with van der Waals surface area (Å²) in [5.41, 5.74) is 2.23. The van der Waals surface area contributed by atoms with Crippen molar-refractivity contribution in [3.63, 3.8) is 0 Å². The molecule has 166 valence electrons. The van der Waals surface area contributed by atoms with Crippen LogP contribution in [-0.2, 0) is 19.6 Å². The number of sulfonamides is 1. The molecule has 0 saturated carbocycles. The predicted octanol–water partition coefficient (Wildman–Crippen LogP) is 4.44. The summed E-state index contributed by atoms with van der Waals surface area (Å²) >= 11 is 11.7. The van der Waals surface area contributed by atoms with Gasteiger partial charge in [0.2, 0.25) is 10.0 Å². The van der Waals surface area contributed by atoms with E-state index in [1.54, 1.807) is 18.2 Å². The molecule has 0 amide bonds. The molecule has 31 heavy (non-hydrogen) atoms. The molecule has 0 unspecified atom stereocenters. The second kappa shape index (κ2) is 9.69. The summed E-state index contributed by atoms with van der Waals surface area (Å²) in [4.78, 5) is 24.8. The highest BCUT2D eigenvalue weighted by atomic mass is 35.5. The summed E-state index contributed by atoms with van der Waals surface area (Å²) in [6.07, 6.45) is 0.674. The predicted molar refractivity (Wildman–Crippen MR) is 119 cm³/mol. The lowest BCUT2D eigenvalue weighted by Gasteiger charge is -2.30. The topological polar surface area (TPSA) is 80.8 Å². The molecule has 1 aliphatic heterocycles. The maximum absolute atomic E-state index is 12.9. The van der Waals surface area contributed by atoms with Gasteiger partial charge >= 0.3 is 5.97 Å². The molecule has 1 fully saturated rings. The zero-order chi connectivity index (χ0) is 22.8. The number of carbonyl (C=O) groups is 2. The summed E-state index contributed by atoms with van der Waals surface area (Å²) in [6.45, 7) is 3.83. The second-order valence-corrected chi connectivity index (χ2v) is 10.3. The zero-order valence-electron chi connectivity index (χ0n) is 17.2. The summed E-state index contributed by atoms with van der Waals surface area (Å²) in [5.74, 6) is -1.34. The maximum atomic E-state index is 12.9. The van der Waals surface area contributed by atoms with Crippen molar-refractivity contribution >= 4 is 45.0 Å². The summed E-state index contributed by atoms with van der Waals surface area (Å²) in [6, 6.07) is 9.50. The lowest BCUT2D eigenvalue weighted by Crippen LogP contribution is -2.40. The number of Topliss-reactive ketones (excluding diaryl/α,β-unsaturated/α-hetero) is 1. The normalized spacial score (nSPS) is 15.6. The molecule has 0 aromatic heterocycles. The third-order valence-corrected chi connectivity index (χ3v) is 8.12. The Kier molecular flexibility index (Phi) is 7.42. The van der Waals surface area contributed by atoms with Crippen molar-refractivity contribution in [3.8, 4) is 0 Å². The van der Waals surface area contributed by atoms with E-state index in [0.717, 1.165) is 11.1 Å². The molecule has 0 aliphatic carbocycles. The number of halogens is 2. The van der Waals surface area contributed by atoms with Gasteiger partial charge in [0.15, 0.2) is 12.4 Å². The van der Waals surface area contributed by atoms with Gasteiger partial charge in [0.25, 0.3) is 0 Å². The summed E-state index contributed by atoms with van der Waals surface area (Å²) < 4.78 is 32.4. The number of benzene rings is 2. The lowest BCUT2D eigenvalue weighted by atomic mass is 9.98. The molecule has 0 spiro atoms. The van der Waals surface area contributed by atoms with Crippen LogP contribution in [-0.4, -0.2) is 44.2 Å². The fourth-order valence-electron chi connectivity index (χ4n) is 3.36. The number of hydrogen-bond donors (Lipinski definition) is 0. The standard InChI is InChI=1S/C22H23Cl2NO5S/c1-14-3-5-18(11-15(14)2)31(28,29)25-9-7-16(8-10-25)22(27)30-13-21(26)17-4-6-19(23)20(24)12-17/h3-6,11-12,16H,7-10,13H2,1-2H3. The van der Waals surface area contributed by atoms with E-state index >= 15 is 0 Å². The van der Waals surface area contributed by atoms with Gasteiger partial charge in [0, 0.05) is 18.7 Å². The molecule has 0 radical (unpaired) electrons. The van der Waals surface area contributed by atoms with Gasteiger partial charge < -0.3 is 4.74 Å². The van der Waals surface area contributed by atoms with Crippen LogP contribution in [0.4, 0.5) is 0 Å². The molecule has 3 rings (SSSR count). The van der Waals surface area contributed by atoms with Crippen LogP contribution < -0.4 is 0 Å². The van der Waals surface area contributed by atoms with Crippen molar-refractivity contribution in [1.29, 1.82) is 0 Å². The van der Waals surface area contributed by atoms with Gasteiger partial charge in [0.05, 0.1) is 20.9 Å². The molecule has 0 atom stereocenters. The Bertz CT molecular complexity index is 1110. The molecule has 9 heteroatoms. The van der Waals surface area contributed by atoms with E-state index in [1.807, 2.05) is 13.8 Å². The minimum Gasteiger partial charge on any atom is -0.457 e. The number of hydrogen-bond acceptors (Lipinski definition) is 5. The van der Waals surface area contributed by atoms with Gasteiger partial charge in [-0.05, 0) is 68.1 Å². The van der Waals surface area contributed by atoms with E-state index in [0.29, 0.717) is 23.4 Å². The van der Waals surface area contributed by atoms with E-state index < -0.39 is 28.5 Å². The van der Waals surface area contributed by atoms with E-state index in [1.165, 1.54) is 22.5 Å².